The molecule has 2 bridgehead atoms. The van der Waals surface area contributed by atoms with E-state index in [9.17, 15) is 9.59 Å². The normalized spacial score (nSPS) is 34.7. The molecule has 4 atom stereocenters. The second-order valence-corrected chi connectivity index (χ2v) is 6.64. The molecule has 2 amide bonds. The third-order valence-corrected chi connectivity index (χ3v) is 5.34. The van der Waals surface area contributed by atoms with Crippen molar-refractivity contribution in [3.63, 3.8) is 0 Å². The first-order valence-corrected chi connectivity index (χ1v) is 7.83. The lowest BCUT2D eigenvalue weighted by Crippen LogP contribution is -2.38. The fraction of sp³-hybridized carbons (Fsp3) is 0.263. The number of amides is 2. The minimum Gasteiger partial charge on any atom is -0.362 e. The number of rotatable bonds is 1. The highest BCUT2D eigenvalue weighted by Crippen LogP contribution is 2.52. The van der Waals surface area contributed by atoms with Gasteiger partial charge in [-0.05, 0) is 18.4 Å². The van der Waals surface area contributed by atoms with Crippen molar-refractivity contribution in [1.29, 1.82) is 0 Å². The molecule has 3 heterocycles. The van der Waals surface area contributed by atoms with Gasteiger partial charge in [0, 0.05) is 5.39 Å². The molecule has 0 unspecified atom stereocenters. The molecule has 0 radical (unpaired) electrons. The lowest BCUT2D eigenvalue weighted by molar-refractivity contribution is -0.126. The van der Waals surface area contributed by atoms with Crippen LogP contribution in [0.2, 0.25) is 0 Å². The van der Waals surface area contributed by atoms with Crippen molar-refractivity contribution in [2.75, 3.05) is 4.90 Å². The van der Waals surface area contributed by atoms with Crippen molar-refractivity contribution in [3.8, 4) is 0 Å². The first kappa shape index (κ1) is 13.0. The van der Waals surface area contributed by atoms with E-state index in [2.05, 4.69) is 0 Å². The highest BCUT2D eigenvalue weighted by molar-refractivity contribution is 6.26. The minimum atomic E-state index is -0.651. The molecule has 2 aromatic rings. The molecule has 0 saturated carbocycles. The molecule has 0 spiro atoms. The molecule has 3 aliphatic heterocycles. The van der Waals surface area contributed by atoms with Crippen LogP contribution in [0.15, 0.2) is 54.6 Å². The number of benzene rings is 2. The van der Waals surface area contributed by atoms with Crippen LogP contribution in [0.1, 0.15) is 6.92 Å². The molecular formula is C19H15NO3. The van der Waals surface area contributed by atoms with Gasteiger partial charge in [0.05, 0.1) is 29.2 Å². The molecule has 2 fully saturated rings. The van der Waals surface area contributed by atoms with Crippen molar-refractivity contribution < 1.29 is 14.3 Å². The Labute approximate surface area is 133 Å². The Kier molecular flexibility index (Phi) is 2.31. The minimum absolute atomic E-state index is 0.144. The zero-order chi connectivity index (χ0) is 15.8. The van der Waals surface area contributed by atoms with Gasteiger partial charge in [-0.1, -0.05) is 48.6 Å². The Bertz CT molecular complexity index is 897. The number of ether oxygens (including phenoxy) is 1. The van der Waals surface area contributed by atoms with E-state index in [1.54, 1.807) is 0 Å². The third-order valence-electron chi connectivity index (χ3n) is 5.34. The second-order valence-electron chi connectivity index (χ2n) is 6.64. The maximum atomic E-state index is 13.0. The Balaban J connectivity index is 1.68. The summed E-state index contributed by atoms with van der Waals surface area (Å²) in [5.41, 5.74) is 0.0250. The van der Waals surface area contributed by atoms with Crippen LogP contribution in [0, 0.1) is 11.8 Å². The standard InChI is InChI=1S/C19H15NO3/c1-19-10-9-14(23-19)15-16(19)18(22)20(17(15)21)13-8-4-6-11-5-2-3-7-12(11)13/h2-10,14-16H,1H3/t14-,15-,16+,19+/m0/s1. The number of hydrogen-bond donors (Lipinski definition) is 0. The van der Waals surface area contributed by atoms with Crippen LogP contribution in [-0.2, 0) is 14.3 Å². The zero-order valence-electron chi connectivity index (χ0n) is 12.6. The number of carbonyl (C=O) groups excluding carboxylic acids is 2. The summed E-state index contributed by atoms with van der Waals surface area (Å²) in [4.78, 5) is 27.4. The van der Waals surface area contributed by atoms with E-state index in [4.69, 9.17) is 4.74 Å². The molecule has 2 aromatic carbocycles. The molecule has 2 saturated heterocycles. The average molecular weight is 305 g/mol. The SMILES string of the molecule is C[C@]12C=C[C@H](O1)[C@@H]1C(=O)N(c3cccc4ccccc34)C(=O)[C@@H]12. The van der Waals surface area contributed by atoms with Gasteiger partial charge in [-0.15, -0.1) is 0 Å². The van der Waals surface area contributed by atoms with Crippen LogP contribution in [0.25, 0.3) is 10.8 Å². The summed E-state index contributed by atoms with van der Waals surface area (Å²) < 4.78 is 5.86. The number of anilines is 1. The molecule has 3 aliphatic rings. The maximum Gasteiger partial charge on any atom is 0.241 e. The molecule has 114 valence electrons. The molecule has 0 aliphatic carbocycles. The average Bonchev–Trinajstić information content (AvgIpc) is 3.16. The largest absolute Gasteiger partial charge is 0.362 e. The van der Waals surface area contributed by atoms with Gasteiger partial charge in [-0.2, -0.15) is 0 Å². The highest BCUT2D eigenvalue weighted by Gasteiger charge is 2.66. The third kappa shape index (κ3) is 1.49. The lowest BCUT2D eigenvalue weighted by Gasteiger charge is -2.24. The molecule has 0 aromatic heterocycles. The van der Waals surface area contributed by atoms with E-state index in [0.717, 1.165) is 10.8 Å². The molecular weight excluding hydrogens is 290 g/mol. The van der Waals surface area contributed by atoms with Crippen molar-refractivity contribution in [3.05, 3.63) is 54.6 Å². The smallest absolute Gasteiger partial charge is 0.241 e. The summed E-state index contributed by atoms with van der Waals surface area (Å²) in [5, 5.41) is 1.94. The summed E-state index contributed by atoms with van der Waals surface area (Å²) in [7, 11) is 0. The van der Waals surface area contributed by atoms with E-state index in [1.807, 2.05) is 61.5 Å². The van der Waals surface area contributed by atoms with Gasteiger partial charge in [0.2, 0.25) is 11.8 Å². The van der Waals surface area contributed by atoms with Gasteiger partial charge in [0.25, 0.3) is 0 Å². The zero-order valence-corrected chi connectivity index (χ0v) is 12.6. The van der Waals surface area contributed by atoms with E-state index < -0.39 is 17.4 Å². The van der Waals surface area contributed by atoms with Gasteiger partial charge in [-0.3, -0.25) is 9.59 Å². The predicted molar refractivity (Wildman–Crippen MR) is 85.8 cm³/mol. The van der Waals surface area contributed by atoms with E-state index in [-0.39, 0.29) is 17.9 Å². The number of nitrogens with zero attached hydrogens (tertiary/aromatic N) is 1. The van der Waals surface area contributed by atoms with Gasteiger partial charge >= 0.3 is 0 Å². The first-order valence-electron chi connectivity index (χ1n) is 7.83. The highest BCUT2D eigenvalue weighted by atomic mass is 16.5. The number of hydrogen-bond acceptors (Lipinski definition) is 3. The Morgan fingerprint density at radius 1 is 1.04 bits per heavy atom. The van der Waals surface area contributed by atoms with E-state index in [0.29, 0.717) is 5.69 Å². The fourth-order valence-corrected chi connectivity index (χ4v) is 4.29. The lowest BCUT2D eigenvalue weighted by atomic mass is 9.78. The van der Waals surface area contributed by atoms with Crippen LogP contribution in [0.4, 0.5) is 5.69 Å². The monoisotopic (exact) mass is 305 g/mol. The summed E-state index contributed by atoms with van der Waals surface area (Å²) >= 11 is 0. The molecule has 4 nitrogen and oxygen atoms in total. The molecule has 5 rings (SSSR count). The predicted octanol–water partition coefficient (Wildman–Crippen LogP) is 2.67. The van der Waals surface area contributed by atoms with Crippen molar-refractivity contribution >= 4 is 28.3 Å². The molecule has 4 heteroatoms. The number of carbonyl (C=O) groups is 2. The second kappa shape index (κ2) is 4.09. The van der Waals surface area contributed by atoms with Crippen LogP contribution >= 0.6 is 0 Å². The Morgan fingerprint density at radius 3 is 2.65 bits per heavy atom. The van der Waals surface area contributed by atoms with Crippen molar-refractivity contribution in [2.24, 2.45) is 11.8 Å². The summed E-state index contributed by atoms with van der Waals surface area (Å²) in [6.07, 6.45) is 3.57. The number of imide groups is 1. The summed E-state index contributed by atoms with van der Waals surface area (Å²) in [6, 6.07) is 13.5. The van der Waals surface area contributed by atoms with Crippen molar-refractivity contribution in [1.82, 2.24) is 0 Å². The van der Waals surface area contributed by atoms with E-state index >= 15 is 0 Å². The number of fused-ring (bicyclic) bond motifs is 6. The van der Waals surface area contributed by atoms with Crippen molar-refractivity contribution in [2.45, 2.75) is 18.6 Å². The van der Waals surface area contributed by atoms with Gasteiger partial charge < -0.3 is 4.74 Å². The topological polar surface area (TPSA) is 46.6 Å². The quantitative estimate of drug-likeness (QED) is 0.601. The Morgan fingerprint density at radius 2 is 1.83 bits per heavy atom. The van der Waals surface area contributed by atoms with Gasteiger partial charge in [0.1, 0.15) is 0 Å². The van der Waals surface area contributed by atoms with Crippen LogP contribution in [-0.4, -0.2) is 23.5 Å². The molecule has 23 heavy (non-hydrogen) atoms. The summed E-state index contributed by atoms with van der Waals surface area (Å²) in [5.74, 6) is -1.10. The fourth-order valence-electron chi connectivity index (χ4n) is 4.29. The van der Waals surface area contributed by atoms with Gasteiger partial charge in [0.15, 0.2) is 0 Å². The molecule has 0 N–H and O–H groups in total. The van der Waals surface area contributed by atoms with Crippen LogP contribution in [0.5, 0.6) is 0 Å². The summed E-state index contributed by atoms with van der Waals surface area (Å²) in [6.45, 7) is 1.89. The Hall–Kier alpha value is -2.46. The van der Waals surface area contributed by atoms with Crippen LogP contribution < -0.4 is 4.90 Å². The maximum absolute atomic E-state index is 13.0. The van der Waals surface area contributed by atoms with Gasteiger partial charge in [-0.25, -0.2) is 4.90 Å². The van der Waals surface area contributed by atoms with Crippen LogP contribution in [0.3, 0.4) is 0 Å². The van der Waals surface area contributed by atoms with E-state index in [1.165, 1.54) is 4.90 Å². The first-order chi connectivity index (χ1) is 11.1.